The van der Waals surface area contributed by atoms with Gasteiger partial charge in [0.25, 0.3) is 0 Å². The number of carbonyl (C=O) groups is 1. The molecule has 3 aromatic rings. The molecule has 0 aliphatic rings. The van der Waals surface area contributed by atoms with E-state index in [1.165, 1.54) is 0 Å². The van der Waals surface area contributed by atoms with Gasteiger partial charge >= 0.3 is 5.69 Å². The zero-order valence-corrected chi connectivity index (χ0v) is 14.6. The van der Waals surface area contributed by atoms with Crippen LogP contribution in [0, 0.1) is 17.2 Å². The normalized spacial score (nSPS) is 11.9. The van der Waals surface area contributed by atoms with E-state index in [0.717, 1.165) is 22.2 Å². The first-order chi connectivity index (χ1) is 12.5. The summed E-state index contributed by atoms with van der Waals surface area (Å²) in [6, 6.07) is 11.3. The number of nitrogens with zero attached hydrogens (tertiary/aromatic N) is 4. The zero-order valence-electron chi connectivity index (χ0n) is 14.6. The first-order valence-corrected chi connectivity index (χ1v) is 8.22. The second-order valence-electron chi connectivity index (χ2n) is 6.19. The Kier molecular flexibility index (Phi) is 4.85. The lowest BCUT2D eigenvalue weighted by atomic mass is 9.99. The number of aromatic nitrogens is 3. The van der Waals surface area contributed by atoms with Gasteiger partial charge in [-0.1, -0.05) is 12.1 Å². The third-order valence-electron chi connectivity index (χ3n) is 4.44. The van der Waals surface area contributed by atoms with Crippen molar-refractivity contribution in [3.05, 3.63) is 64.3 Å². The molecule has 0 saturated carbocycles. The summed E-state index contributed by atoms with van der Waals surface area (Å²) < 4.78 is 3.13. The molecule has 0 aliphatic carbocycles. The van der Waals surface area contributed by atoms with Gasteiger partial charge in [-0.15, -0.1) is 0 Å². The smallest absolute Gasteiger partial charge is 0.328 e. The van der Waals surface area contributed by atoms with Gasteiger partial charge in [0, 0.05) is 33.0 Å². The molecule has 0 radical (unpaired) electrons. The number of aryl methyl sites for hydroxylation is 2. The van der Waals surface area contributed by atoms with Gasteiger partial charge in [-0.25, -0.2) is 4.79 Å². The summed E-state index contributed by atoms with van der Waals surface area (Å²) in [6.45, 7) is 0.330. The Balaban J connectivity index is 1.74. The fourth-order valence-electron chi connectivity index (χ4n) is 2.93. The Morgan fingerprint density at radius 2 is 2.00 bits per heavy atom. The molecule has 0 spiro atoms. The molecule has 3 rings (SSSR count). The summed E-state index contributed by atoms with van der Waals surface area (Å²) >= 11 is 0. The van der Waals surface area contributed by atoms with E-state index in [9.17, 15) is 14.9 Å². The number of hydrogen-bond acceptors (Lipinski definition) is 4. The minimum Gasteiger partial charge on any atom is -0.351 e. The second-order valence-corrected chi connectivity index (χ2v) is 6.19. The van der Waals surface area contributed by atoms with E-state index < -0.39 is 5.92 Å². The third kappa shape index (κ3) is 3.35. The SMILES string of the molecule is Cn1c(=O)n(C)c2cc(C[C@H](C#N)C(=O)NCc3cccnc3)ccc21. The van der Waals surface area contributed by atoms with Gasteiger partial charge in [0.1, 0.15) is 5.92 Å². The van der Waals surface area contributed by atoms with Crippen molar-refractivity contribution in [3.63, 3.8) is 0 Å². The number of fused-ring (bicyclic) bond motifs is 1. The van der Waals surface area contributed by atoms with Crippen LogP contribution in [-0.4, -0.2) is 20.0 Å². The number of imidazole rings is 1. The maximum Gasteiger partial charge on any atom is 0.328 e. The minimum atomic E-state index is -0.801. The van der Waals surface area contributed by atoms with Gasteiger partial charge in [-0.05, 0) is 35.7 Å². The number of pyridine rings is 1. The lowest BCUT2D eigenvalue weighted by Gasteiger charge is -2.11. The molecule has 0 saturated heterocycles. The van der Waals surface area contributed by atoms with Crippen LogP contribution in [0.5, 0.6) is 0 Å². The maximum atomic E-state index is 12.3. The van der Waals surface area contributed by atoms with Crippen molar-refractivity contribution in [2.45, 2.75) is 13.0 Å². The minimum absolute atomic E-state index is 0.108. The van der Waals surface area contributed by atoms with E-state index in [1.54, 1.807) is 41.7 Å². The van der Waals surface area contributed by atoms with Crippen LogP contribution in [0.25, 0.3) is 11.0 Å². The van der Waals surface area contributed by atoms with Crippen molar-refractivity contribution in [2.75, 3.05) is 0 Å². The molecule has 0 bridgehead atoms. The van der Waals surface area contributed by atoms with Crippen molar-refractivity contribution in [2.24, 2.45) is 20.0 Å². The lowest BCUT2D eigenvalue weighted by Crippen LogP contribution is -2.30. The number of benzene rings is 1. The van der Waals surface area contributed by atoms with Gasteiger partial charge in [-0.2, -0.15) is 5.26 Å². The Morgan fingerprint density at radius 1 is 1.23 bits per heavy atom. The van der Waals surface area contributed by atoms with E-state index in [2.05, 4.69) is 16.4 Å². The number of rotatable bonds is 5. The van der Waals surface area contributed by atoms with Gasteiger partial charge < -0.3 is 5.32 Å². The van der Waals surface area contributed by atoms with Crippen LogP contribution >= 0.6 is 0 Å². The van der Waals surface area contributed by atoms with Crippen molar-refractivity contribution >= 4 is 16.9 Å². The highest BCUT2D eigenvalue weighted by molar-refractivity contribution is 5.82. The van der Waals surface area contributed by atoms with Crippen LogP contribution in [-0.2, 0) is 31.9 Å². The van der Waals surface area contributed by atoms with Gasteiger partial charge in [0.15, 0.2) is 0 Å². The number of nitrogens with one attached hydrogen (secondary N) is 1. The molecular formula is C19H19N5O2. The Hall–Kier alpha value is -3.40. The van der Waals surface area contributed by atoms with Crippen LogP contribution < -0.4 is 11.0 Å². The van der Waals surface area contributed by atoms with Crippen LogP contribution in [0.1, 0.15) is 11.1 Å². The largest absolute Gasteiger partial charge is 0.351 e. The number of nitriles is 1. The monoisotopic (exact) mass is 349 g/mol. The zero-order chi connectivity index (χ0) is 18.7. The molecule has 1 atom stereocenters. The van der Waals surface area contributed by atoms with Crippen molar-refractivity contribution in [3.8, 4) is 6.07 Å². The third-order valence-corrected chi connectivity index (χ3v) is 4.44. The fraction of sp³-hybridized carbons (Fsp3) is 0.263. The predicted molar refractivity (Wildman–Crippen MR) is 97.1 cm³/mol. The fourth-order valence-corrected chi connectivity index (χ4v) is 2.93. The summed E-state index contributed by atoms with van der Waals surface area (Å²) in [6.07, 6.45) is 3.62. The molecule has 0 fully saturated rings. The van der Waals surface area contributed by atoms with E-state index >= 15 is 0 Å². The summed E-state index contributed by atoms with van der Waals surface area (Å²) in [5.74, 6) is -1.12. The first kappa shape index (κ1) is 17.4. The summed E-state index contributed by atoms with van der Waals surface area (Å²) in [5, 5.41) is 12.2. The topological polar surface area (TPSA) is 92.7 Å². The molecule has 132 valence electrons. The molecule has 26 heavy (non-hydrogen) atoms. The van der Waals surface area contributed by atoms with Crippen LogP contribution in [0.2, 0.25) is 0 Å². The molecule has 0 aliphatic heterocycles. The average Bonchev–Trinajstić information content (AvgIpc) is 2.89. The summed E-state index contributed by atoms with van der Waals surface area (Å²) in [7, 11) is 3.42. The molecule has 2 aromatic heterocycles. The van der Waals surface area contributed by atoms with Gasteiger partial charge in [0.2, 0.25) is 5.91 Å². The average molecular weight is 349 g/mol. The molecule has 0 unspecified atom stereocenters. The van der Waals surface area contributed by atoms with Crippen molar-refractivity contribution < 1.29 is 4.79 Å². The quantitative estimate of drug-likeness (QED) is 0.751. The Morgan fingerprint density at radius 3 is 2.69 bits per heavy atom. The lowest BCUT2D eigenvalue weighted by molar-refractivity contribution is -0.123. The standard InChI is InChI=1S/C19H19N5O2/c1-23-16-6-5-13(9-17(16)24(2)19(23)26)8-15(10-20)18(25)22-12-14-4-3-7-21-11-14/h3-7,9,11,15H,8,12H2,1-2H3,(H,22,25)/t15-/m1/s1. The molecule has 7 heteroatoms. The first-order valence-electron chi connectivity index (χ1n) is 8.22. The van der Waals surface area contributed by atoms with E-state index in [0.29, 0.717) is 6.54 Å². The van der Waals surface area contributed by atoms with Crippen molar-refractivity contribution in [1.29, 1.82) is 5.26 Å². The van der Waals surface area contributed by atoms with E-state index in [4.69, 9.17) is 0 Å². The van der Waals surface area contributed by atoms with Gasteiger partial charge in [0.05, 0.1) is 17.1 Å². The highest BCUT2D eigenvalue weighted by Crippen LogP contribution is 2.17. The van der Waals surface area contributed by atoms with Crippen LogP contribution in [0.15, 0.2) is 47.5 Å². The Bertz CT molecular complexity index is 1040. The molecule has 1 N–H and O–H groups in total. The second kappa shape index (κ2) is 7.23. The van der Waals surface area contributed by atoms with Gasteiger partial charge in [-0.3, -0.25) is 18.9 Å². The molecular weight excluding hydrogens is 330 g/mol. The number of hydrogen-bond donors (Lipinski definition) is 1. The van der Waals surface area contributed by atoms with Crippen LogP contribution in [0.4, 0.5) is 0 Å². The summed E-state index contributed by atoms with van der Waals surface area (Å²) in [5.41, 5.74) is 3.20. The van der Waals surface area contributed by atoms with Crippen LogP contribution in [0.3, 0.4) is 0 Å². The van der Waals surface area contributed by atoms with E-state index in [-0.39, 0.29) is 18.0 Å². The highest BCUT2D eigenvalue weighted by Gasteiger charge is 2.19. The molecule has 1 amide bonds. The van der Waals surface area contributed by atoms with E-state index in [1.807, 2.05) is 24.3 Å². The molecule has 1 aromatic carbocycles. The molecule has 7 nitrogen and oxygen atoms in total. The maximum absolute atomic E-state index is 12.3. The highest BCUT2D eigenvalue weighted by atomic mass is 16.2. The summed E-state index contributed by atoms with van der Waals surface area (Å²) in [4.78, 5) is 28.3. The van der Waals surface area contributed by atoms with Crippen molar-refractivity contribution in [1.82, 2.24) is 19.4 Å². The predicted octanol–water partition coefficient (Wildman–Crippen LogP) is 1.27. The Labute approximate surface area is 150 Å². The molecule has 2 heterocycles. The number of carbonyl (C=O) groups excluding carboxylic acids is 1. The number of amides is 1.